The molecule has 1 N–H and O–H groups in total. The van der Waals surface area contributed by atoms with E-state index in [4.69, 9.17) is 0 Å². The van der Waals surface area contributed by atoms with Gasteiger partial charge in [0, 0.05) is 31.4 Å². The van der Waals surface area contributed by atoms with Crippen LogP contribution in [0.25, 0.3) is 0 Å². The average molecular weight is 295 g/mol. The van der Waals surface area contributed by atoms with E-state index >= 15 is 0 Å². The largest absolute Gasteiger partial charge is 0.307 e. The second kappa shape index (κ2) is 5.42. The van der Waals surface area contributed by atoms with Crippen molar-refractivity contribution >= 4 is 15.9 Å². The minimum atomic E-state index is 0.758. The summed E-state index contributed by atoms with van der Waals surface area (Å²) < 4.78 is 2.75. The average Bonchev–Trinajstić information content (AvgIpc) is 2.61. The van der Waals surface area contributed by atoms with E-state index in [1.165, 1.54) is 11.3 Å². The molecule has 0 aliphatic rings. The minimum Gasteiger partial charge on any atom is -0.307 e. The maximum Gasteiger partial charge on any atom is 0.106 e. The molecule has 0 aliphatic carbocycles. The van der Waals surface area contributed by atoms with Crippen molar-refractivity contribution in [1.82, 2.24) is 20.1 Å². The van der Waals surface area contributed by atoms with Crippen LogP contribution < -0.4 is 5.32 Å². The van der Waals surface area contributed by atoms with Crippen LogP contribution in [0.1, 0.15) is 17.0 Å². The zero-order chi connectivity index (χ0) is 12.3. The van der Waals surface area contributed by atoms with Crippen molar-refractivity contribution in [1.29, 1.82) is 0 Å². The Balaban J connectivity index is 1.90. The Kier molecular flexibility index (Phi) is 3.91. The lowest BCUT2D eigenvalue weighted by Gasteiger charge is -2.04. The second-order valence-corrected chi connectivity index (χ2v) is 4.75. The van der Waals surface area contributed by atoms with Crippen molar-refractivity contribution in [2.24, 2.45) is 7.05 Å². The molecule has 5 heteroatoms. The predicted octanol–water partition coefficient (Wildman–Crippen LogP) is 2.18. The molecular weight excluding hydrogens is 280 g/mol. The van der Waals surface area contributed by atoms with E-state index in [1.54, 1.807) is 0 Å². The summed E-state index contributed by atoms with van der Waals surface area (Å²) in [5.74, 6) is 0. The van der Waals surface area contributed by atoms with Gasteiger partial charge in [0.25, 0.3) is 0 Å². The van der Waals surface area contributed by atoms with E-state index in [1.807, 2.05) is 36.1 Å². The van der Waals surface area contributed by atoms with Crippen LogP contribution in [0.4, 0.5) is 0 Å². The van der Waals surface area contributed by atoms with Crippen LogP contribution in [0.5, 0.6) is 0 Å². The molecule has 0 saturated heterocycles. The first-order chi connectivity index (χ1) is 8.16. The van der Waals surface area contributed by atoms with Crippen LogP contribution in [0.15, 0.2) is 29.0 Å². The molecule has 2 rings (SSSR count). The van der Waals surface area contributed by atoms with Crippen LogP contribution in [0.2, 0.25) is 0 Å². The number of pyridine rings is 1. The van der Waals surface area contributed by atoms with Crippen LogP contribution in [-0.2, 0) is 20.1 Å². The molecule has 90 valence electrons. The molecule has 0 saturated carbocycles. The van der Waals surface area contributed by atoms with Crippen LogP contribution >= 0.6 is 15.9 Å². The number of hydrogen-bond donors (Lipinski definition) is 1. The van der Waals surface area contributed by atoms with Gasteiger partial charge in [-0.05, 0) is 35.0 Å². The van der Waals surface area contributed by atoms with Crippen LogP contribution in [0.3, 0.4) is 0 Å². The summed E-state index contributed by atoms with van der Waals surface area (Å²) in [4.78, 5) is 4.37. The van der Waals surface area contributed by atoms with E-state index in [-0.39, 0.29) is 0 Å². The number of nitrogens with one attached hydrogen (secondary N) is 1. The Morgan fingerprint density at radius 2 is 2.18 bits per heavy atom. The molecule has 0 aromatic carbocycles. The van der Waals surface area contributed by atoms with Gasteiger partial charge in [-0.25, -0.2) is 4.98 Å². The summed E-state index contributed by atoms with van der Waals surface area (Å²) in [6.45, 7) is 3.64. The van der Waals surface area contributed by atoms with Crippen LogP contribution in [0, 0.1) is 6.92 Å². The maximum absolute atomic E-state index is 4.37. The third-order valence-electron chi connectivity index (χ3n) is 2.73. The number of rotatable bonds is 4. The number of aryl methyl sites for hydroxylation is 1. The first kappa shape index (κ1) is 12.3. The number of aromatic nitrogens is 3. The second-order valence-electron chi connectivity index (χ2n) is 3.93. The fraction of sp³-hybridized carbons (Fsp3) is 0.333. The monoisotopic (exact) mass is 294 g/mol. The number of halogens is 1. The van der Waals surface area contributed by atoms with E-state index in [2.05, 4.69) is 38.3 Å². The third kappa shape index (κ3) is 3.14. The topological polar surface area (TPSA) is 42.7 Å². The highest BCUT2D eigenvalue weighted by Crippen LogP contribution is 2.07. The Labute approximate surface area is 109 Å². The Morgan fingerprint density at radius 3 is 2.82 bits per heavy atom. The van der Waals surface area contributed by atoms with Crippen molar-refractivity contribution in [2.45, 2.75) is 20.0 Å². The van der Waals surface area contributed by atoms with Crippen molar-refractivity contribution in [3.05, 3.63) is 46.0 Å². The fourth-order valence-corrected chi connectivity index (χ4v) is 1.97. The first-order valence-corrected chi connectivity index (χ1v) is 6.26. The summed E-state index contributed by atoms with van der Waals surface area (Å²) in [6.07, 6.45) is 1.90. The molecule has 0 bridgehead atoms. The smallest absolute Gasteiger partial charge is 0.106 e. The Morgan fingerprint density at radius 1 is 1.35 bits per heavy atom. The van der Waals surface area contributed by atoms with E-state index in [9.17, 15) is 0 Å². The number of hydrogen-bond acceptors (Lipinski definition) is 3. The van der Waals surface area contributed by atoms with Crippen molar-refractivity contribution in [3.63, 3.8) is 0 Å². The van der Waals surface area contributed by atoms with Crippen molar-refractivity contribution < 1.29 is 0 Å². The maximum atomic E-state index is 4.37. The molecule has 0 aliphatic heterocycles. The SMILES string of the molecule is Cc1c(CNCc2cccc(Br)n2)cnn1C. The van der Waals surface area contributed by atoms with Gasteiger partial charge in [0.05, 0.1) is 11.9 Å². The molecule has 2 heterocycles. The molecule has 0 spiro atoms. The molecule has 4 nitrogen and oxygen atoms in total. The van der Waals surface area contributed by atoms with Crippen molar-refractivity contribution in [3.8, 4) is 0 Å². The molecule has 2 aromatic rings. The summed E-state index contributed by atoms with van der Waals surface area (Å²) in [7, 11) is 1.95. The summed E-state index contributed by atoms with van der Waals surface area (Å²) >= 11 is 3.36. The van der Waals surface area contributed by atoms with Crippen LogP contribution in [-0.4, -0.2) is 14.8 Å². The molecule has 0 unspecified atom stereocenters. The highest BCUT2D eigenvalue weighted by atomic mass is 79.9. The quantitative estimate of drug-likeness (QED) is 0.879. The van der Waals surface area contributed by atoms with E-state index in [0.29, 0.717) is 0 Å². The van der Waals surface area contributed by atoms with Gasteiger partial charge in [-0.15, -0.1) is 0 Å². The Bertz CT molecular complexity index is 507. The molecule has 0 atom stereocenters. The lowest BCUT2D eigenvalue weighted by atomic mass is 10.2. The van der Waals surface area contributed by atoms with Gasteiger partial charge in [0.2, 0.25) is 0 Å². The van der Waals surface area contributed by atoms with Gasteiger partial charge < -0.3 is 5.32 Å². The lowest BCUT2D eigenvalue weighted by Crippen LogP contribution is -2.14. The number of nitrogens with zero attached hydrogens (tertiary/aromatic N) is 3. The minimum absolute atomic E-state index is 0.758. The van der Waals surface area contributed by atoms with Gasteiger partial charge in [-0.1, -0.05) is 6.07 Å². The van der Waals surface area contributed by atoms with E-state index in [0.717, 1.165) is 23.4 Å². The van der Waals surface area contributed by atoms with Gasteiger partial charge in [-0.3, -0.25) is 4.68 Å². The molecular formula is C12H15BrN4. The zero-order valence-electron chi connectivity index (χ0n) is 9.94. The third-order valence-corrected chi connectivity index (χ3v) is 3.17. The molecule has 0 fully saturated rings. The van der Waals surface area contributed by atoms with Gasteiger partial charge in [0.15, 0.2) is 0 Å². The zero-order valence-corrected chi connectivity index (χ0v) is 11.5. The molecule has 2 aromatic heterocycles. The van der Waals surface area contributed by atoms with Gasteiger partial charge >= 0.3 is 0 Å². The van der Waals surface area contributed by atoms with Crippen molar-refractivity contribution in [2.75, 3.05) is 0 Å². The van der Waals surface area contributed by atoms with Gasteiger partial charge in [0.1, 0.15) is 4.60 Å². The fourth-order valence-electron chi connectivity index (χ4n) is 1.59. The molecule has 17 heavy (non-hydrogen) atoms. The first-order valence-electron chi connectivity index (χ1n) is 5.46. The highest BCUT2D eigenvalue weighted by Gasteiger charge is 2.03. The molecule has 0 radical (unpaired) electrons. The predicted molar refractivity (Wildman–Crippen MR) is 70.4 cm³/mol. The summed E-state index contributed by atoms with van der Waals surface area (Å²) in [5, 5.41) is 7.57. The highest BCUT2D eigenvalue weighted by molar-refractivity contribution is 9.10. The summed E-state index contributed by atoms with van der Waals surface area (Å²) in [6, 6.07) is 5.92. The van der Waals surface area contributed by atoms with Gasteiger partial charge in [-0.2, -0.15) is 5.10 Å². The molecule has 0 amide bonds. The Hall–Kier alpha value is -1.20. The normalized spacial score (nSPS) is 10.8. The lowest BCUT2D eigenvalue weighted by molar-refractivity contribution is 0.672. The standard InChI is InChI=1S/C12H15BrN4/c1-9-10(7-15-17(9)2)6-14-8-11-4-3-5-12(13)16-11/h3-5,7,14H,6,8H2,1-2H3. The van der Waals surface area contributed by atoms with E-state index < -0.39 is 0 Å². The summed E-state index contributed by atoms with van der Waals surface area (Å²) in [5.41, 5.74) is 3.45.